The van der Waals surface area contributed by atoms with Crippen LogP contribution in [0, 0.1) is 5.92 Å². The molecule has 0 radical (unpaired) electrons. The first-order chi connectivity index (χ1) is 10.3. The molecule has 114 valence electrons. The lowest BCUT2D eigenvalue weighted by molar-refractivity contribution is -0.146. The van der Waals surface area contributed by atoms with Crippen molar-refractivity contribution in [2.75, 3.05) is 7.11 Å². The zero-order valence-electron chi connectivity index (χ0n) is 12.2. The number of nitrogens with one attached hydrogen (secondary N) is 2. The first-order valence-electron chi connectivity index (χ1n) is 7.54. The number of fused-ring (bicyclic) bond motifs is 1. The summed E-state index contributed by atoms with van der Waals surface area (Å²) in [7, 11) is 1.43. The molecule has 2 N–H and O–H groups in total. The molecule has 5 nitrogen and oxygen atoms in total. The lowest BCUT2D eigenvalue weighted by atomic mass is 9.79. The van der Waals surface area contributed by atoms with E-state index >= 15 is 0 Å². The molecule has 0 spiro atoms. The summed E-state index contributed by atoms with van der Waals surface area (Å²) in [6.07, 6.45) is 3.25. The van der Waals surface area contributed by atoms with Crippen LogP contribution in [-0.2, 0) is 20.9 Å². The highest BCUT2D eigenvalue weighted by molar-refractivity contribution is 5.76. The SMILES string of the molecule is COC(=O)C1NNC2CCCC(OCc3ccccc3)C21. The second-order valence-corrected chi connectivity index (χ2v) is 5.74. The van der Waals surface area contributed by atoms with Gasteiger partial charge in [0.15, 0.2) is 0 Å². The van der Waals surface area contributed by atoms with Crippen molar-refractivity contribution in [3.8, 4) is 0 Å². The Hall–Kier alpha value is -1.43. The molecule has 4 atom stereocenters. The highest BCUT2D eigenvalue weighted by atomic mass is 16.5. The van der Waals surface area contributed by atoms with E-state index in [-0.39, 0.29) is 30.1 Å². The van der Waals surface area contributed by atoms with Gasteiger partial charge >= 0.3 is 5.97 Å². The number of hydrogen-bond acceptors (Lipinski definition) is 5. The summed E-state index contributed by atoms with van der Waals surface area (Å²) in [5.74, 6) is -0.0832. The smallest absolute Gasteiger partial charge is 0.324 e. The Kier molecular flexibility index (Phi) is 4.53. The van der Waals surface area contributed by atoms with E-state index in [1.807, 2.05) is 18.2 Å². The lowest BCUT2D eigenvalue weighted by Crippen LogP contribution is -2.45. The first-order valence-corrected chi connectivity index (χ1v) is 7.54. The zero-order valence-corrected chi connectivity index (χ0v) is 12.2. The zero-order chi connectivity index (χ0) is 14.7. The molecule has 1 aromatic rings. The number of hydrazine groups is 1. The van der Waals surface area contributed by atoms with Gasteiger partial charge in [-0.15, -0.1) is 0 Å². The highest BCUT2D eigenvalue weighted by Crippen LogP contribution is 2.33. The lowest BCUT2D eigenvalue weighted by Gasteiger charge is -2.34. The van der Waals surface area contributed by atoms with Gasteiger partial charge in [0.1, 0.15) is 6.04 Å². The van der Waals surface area contributed by atoms with Gasteiger partial charge in [-0.1, -0.05) is 30.3 Å². The molecule has 1 heterocycles. The number of carbonyl (C=O) groups excluding carboxylic acids is 1. The Morgan fingerprint density at radius 2 is 2.05 bits per heavy atom. The van der Waals surface area contributed by atoms with Crippen molar-refractivity contribution in [1.82, 2.24) is 10.9 Å². The molecule has 3 rings (SSSR count). The summed E-state index contributed by atoms with van der Waals surface area (Å²) in [6, 6.07) is 10.1. The molecule has 1 aliphatic carbocycles. The van der Waals surface area contributed by atoms with Gasteiger partial charge in [-0.05, 0) is 24.8 Å². The van der Waals surface area contributed by atoms with Gasteiger partial charge in [-0.2, -0.15) is 0 Å². The topological polar surface area (TPSA) is 59.6 Å². The molecule has 21 heavy (non-hydrogen) atoms. The fourth-order valence-corrected chi connectivity index (χ4v) is 3.41. The predicted octanol–water partition coefficient (Wildman–Crippen LogP) is 1.39. The largest absolute Gasteiger partial charge is 0.468 e. The molecule has 5 heteroatoms. The third kappa shape index (κ3) is 3.10. The third-order valence-corrected chi connectivity index (χ3v) is 4.47. The van der Waals surface area contributed by atoms with E-state index in [0.717, 1.165) is 24.8 Å². The van der Waals surface area contributed by atoms with Crippen LogP contribution in [0.1, 0.15) is 24.8 Å². The number of esters is 1. The summed E-state index contributed by atoms with van der Waals surface area (Å²) in [6.45, 7) is 0.586. The number of methoxy groups -OCH3 is 1. The Bertz CT molecular complexity index is 480. The van der Waals surface area contributed by atoms with E-state index in [4.69, 9.17) is 9.47 Å². The molecule has 0 bridgehead atoms. The van der Waals surface area contributed by atoms with Gasteiger partial charge in [0.25, 0.3) is 0 Å². The molecule has 2 aliphatic rings. The van der Waals surface area contributed by atoms with Crippen molar-refractivity contribution in [3.63, 3.8) is 0 Å². The Labute approximate surface area is 125 Å². The second-order valence-electron chi connectivity index (χ2n) is 5.74. The molecule has 2 fully saturated rings. The molecule has 1 saturated heterocycles. The van der Waals surface area contributed by atoms with E-state index in [9.17, 15) is 4.79 Å². The van der Waals surface area contributed by atoms with E-state index in [2.05, 4.69) is 23.0 Å². The Balaban J connectivity index is 1.67. The van der Waals surface area contributed by atoms with Gasteiger partial charge < -0.3 is 9.47 Å². The van der Waals surface area contributed by atoms with E-state index in [0.29, 0.717) is 6.61 Å². The predicted molar refractivity (Wildman–Crippen MR) is 78.2 cm³/mol. The molecular formula is C16H22N2O3. The summed E-state index contributed by atoms with van der Waals surface area (Å²) in [5, 5.41) is 0. The number of hydrogen-bond donors (Lipinski definition) is 2. The van der Waals surface area contributed by atoms with Crippen molar-refractivity contribution in [1.29, 1.82) is 0 Å². The van der Waals surface area contributed by atoms with Crippen LogP contribution in [0.3, 0.4) is 0 Å². The highest BCUT2D eigenvalue weighted by Gasteiger charge is 2.47. The van der Waals surface area contributed by atoms with E-state index < -0.39 is 0 Å². The fraction of sp³-hybridized carbons (Fsp3) is 0.562. The average molecular weight is 290 g/mol. The quantitative estimate of drug-likeness (QED) is 0.821. The normalized spacial score (nSPS) is 31.7. The van der Waals surface area contributed by atoms with Crippen molar-refractivity contribution in [2.45, 2.75) is 44.1 Å². The molecule has 1 saturated carbocycles. The summed E-state index contributed by atoms with van der Waals surface area (Å²) < 4.78 is 11.0. The number of benzene rings is 1. The number of carbonyl (C=O) groups is 1. The summed E-state index contributed by atoms with van der Waals surface area (Å²) in [4.78, 5) is 11.9. The van der Waals surface area contributed by atoms with Crippen molar-refractivity contribution >= 4 is 5.97 Å². The maximum atomic E-state index is 11.9. The molecule has 0 amide bonds. The van der Waals surface area contributed by atoms with Crippen LogP contribution >= 0.6 is 0 Å². The van der Waals surface area contributed by atoms with Crippen LogP contribution in [0.5, 0.6) is 0 Å². The van der Waals surface area contributed by atoms with Crippen molar-refractivity contribution < 1.29 is 14.3 Å². The van der Waals surface area contributed by atoms with Crippen LogP contribution in [0.15, 0.2) is 30.3 Å². The molecule has 1 aliphatic heterocycles. The van der Waals surface area contributed by atoms with Gasteiger partial charge in [0.2, 0.25) is 0 Å². The van der Waals surface area contributed by atoms with Crippen molar-refractivity contribution in [2.24, 2.45) is 5.92 Å². The van der Waals surface area contributed by atoms with Crippen LogP contribution in [0.2, 0.25) is 0 Å². The molecule has 4 unspecified atom stereocenters. The Morgan fingerprint density at radius 3 is 2.81 bits per heavy atom. The van der Waals surface area contributed by atoms with Crippen LogP contribution in [0.25, 0.3) is 0 Å². The van der Waals surface area contributed by atoms with Crippen LogP contribution in [-0.4, -0.2) is 31.3 Å². The maximum absolute atomic E-state index is 11.9. The van der Waals surface area contributed by atoms with E-state index in [1.54, 1.807) is 0 Å². The minimum absolute atomic E-state index is 0.0792. The maximum Gasteiger partial charge on any atom is 0.324 e. The molecule has 1 aromatic carbocycles. The minimum Gasteiger partial charge on any atom is -0.468 e. The second kappa shape index (κ2) is 6.56. The Morgan fingerprint density at radius 1 is 1.24 bits per heavy atom. The first kappa shape index (κ1) is 14.5. The van der Waals surface area contributed by atoms with Crippen molar-refractivity contribution in [3.05, 3.63) is 35.9 Å². The van der Waals surface area contributed by atoms with Gasteiger partial charge in [-0.25, -0.2) is 5.43 Å². The summed E-state index contributed by atoms with van der Waals surface area (Å²) in [5.41, 5.74) is 7.45. The van der Waals surface area contributed by atoms with Crippen LogP contribution < -0.4 is 10.9 Å². The fourth-order valence-electron chi connectivity index (χ4n) is 3.41. The monoisotopic (exact) mass is 290 g/mol. The number of rotatable bonds is 4. The van der Waals surface area contributed by atoms with E-state index in [1.165, 1.54) is 7.11 Å². The average Bonchev–Trinajstić information content (AvgIpc) is 2.98. The number of ether oxygens (including phenoxy) is 2. The third-order valence-electron chi connectivity index (χ3n) is 4.47. The summed E-state index contributed by atoms with van der Waals surface area (Å²) >= 11 is 0. The molecule has 0 aromatic heterocycles. The van der Waals surface area contributed by atoms with Gasteiger partial charge in [0, 0.05) is 12.0 Å². The molecular weight excluding hydrogens is 268 g/mol. The van der Waals surface area contributed by atoms with Gasteiger partial charge in [0.05, 0.1) is 19.8 Å². The standard InChI is InChI=1S/C16H22N2O3/c1-20-16(19)15-14-12(17-18-15)8-5-9-13(14)21-10-11-6-3-2-4-7-11/h2-4,6-7,12-15,17-18H,5,8-10H2,1H3. The van der Waals surface area contributed by atoms with Crippen LogP contribution in [0.4, 0.5) is 0 Å². The van der Waals surface area contributed by atoms with Gasteiger partial charge in [-0.3, -0.25) is 10.2 Å². The minimum atomic E-state index is -0.318.